The Bertz CT molecular complexity index is 240. The molecule has 60 valence electrons. The minimum atomic E-state index is 0.900. The van der Waals surface area contributed by atoms with Crippen molar-refractivity contribution in [3.63, 3.8) is 0 Å². The summed E-state index contributed by atoms with van der Waals surface area (Å²) in [6, 6.07) is 0. The molecule has 0 bridgehead atoms. The van der Waals surface area contributed by atoms with Gasteiger partial charge in [0.2, 0.25) is 5.13 Å². The number of nitrogens with zero attached hydrogens (tertiary/aromatic N) is 3. The van der Waals surface area contributed by atoms with Crippen molar-refractivity contribution in [3.05, 3.63) is 5.82 Å². The van der Waals surface area contributed by atoms with E-state index in [-0.39, 0.29) is 0 Å². The lowest BCUT2D eigenvalue weighted by Crippen LogP contribution is -2.17. The Balaban J connectivity index is 2.15. The summed E-state index contributed by atoms with van der Waals surface area (Å²) in [5.41, 5.74) is 0. The summed E-state index contributed by atoms with van der Waals surface area (Å²) in [6.45, 7) is 4.26. The van der Waals surface area contributed by atoms with Gasteiger partial charge >= 0.3 is 0 Å². The molecule has 2 rings (SSSR count). The molecule has 0 aromatic carbocycles. The first-order chi connectivity index (χ1) is 5.36. The van der Waals surface area contributed by atoms with Crippen molar-refractivity contribution in [2.45, 2.75) is 19.8 Å². The van der Waals surface area contributed by atoms with E-state index in [0.717, 1.165) is 24.0 Å². The zero-order valence-electron chi connectivity index (χ0n) is 6.58. The topological polar surface area (TPSA) is 29.0 Å². The van der Waals surface area contributed by atoms with E-state index in [1.165, 1.54) is 24.4 Å². The van der Waals surface area contributed by atoms with Gasteiger partial charge in [0.05, 0.1) is 0 Å². The summed E-state index contributed by atoms with van der Waals surface area (Å²) in [7, 11) is 0. The largest absolute Gasteiger partial charge is 0.347 e. The molecule has 11 heavy (non-hydrogen) atoms. The lowest BCUT2D eigenvalue weighted by atomic mass is 10.4. The van der Waals surface area contributed by atoms with Crippen molar-refractivity contribution < 1.29 is 0 Å². The molecule has 0 aliphatic carbocycles. The molecule has 4 heteroatoms. The molecular formula is C7H11N3S. The van der Waals surface area contributed by atoms with E-state index in [1.54, 1.807) is 0 Å². The fraction of sp³-hybridized carbons (Fsp3) is 0.714. The molecular weight excluding hydrogens is 158 g/mol. The number of aryl methyl sites for hydroxylation is 1. The van der Waals surface area contributed by atoms with Crippen molar-refractivity contribution in [2.24, 2.45) is 0 Å². The van der Waals surface area contributed by atoms with Gasteiger partial charge in [0.15, 0.2) is 0 Å². The average Bonchev–Trinajstić information content (AvgIpc) is 2.55. The predicted octanol–water partition coefficient (Wildman–Crippen LogP) is 1.45. The Morgan fingerprint density at radius 3 is 2.64 bits per heavy atom. The molecule has 0 radical (unpaired) electrons. The van der Waals surface area contributed by atoms with Gasteiger partial charge in [-0.3, -0.25) is 0 Å². The maximum Gasteiger partial charge on any atom is 0.205 e. The number of hydrogen-bond donors (Lipinski definition) is 0. The zero-order valence-corrected chi connectivity index (χ0v) is 7.39. The Labute approximate surface area is 70.2 Å². The molecule has 1 aliphatic heterocycles. The van der Waals surface area contributed by atoms with Gasteiger partial charge in [-0.1, -0.05) is 0 Å². The fourth-order valence-corrected chi connectivity index (χ4v) is 2.05. The molecule has 0 N–H and O–H groups in total. The predicted molar refractivity (Wildman–Crippen MR) is 46.1 cm³/mol. The molecule has 0 saturated carbocycles. The highest BCUT2D eigenvalue weighted by Crippen LogP contribution is 2.21. The van der Waals surface area contributed by atoms with Crippen LogP contribution in [0, 0.1) is 6.92 Å². The first-order valence-corrected chi connectivity index (χ1v) is 4.69. The summed E-state index contributed by atoms with van der Waals surface area (Å²) in [5.74, 6) is 0.900. The van der Waals surface area contributed by atoms with Crippen LogP contribution >= 0.6 is 11.5 Å². The van der Waals surface area contributed by atoms with Crippen LogP contribution in [0.3, 0.4) is 0 Å². The van der Waals surface area contributed by atoms with E-state index in [1.807, 2.05) is 6.92 Å². The number of aromatic nitrogens is 2. The zero-order chi connectivity index (χ0) is 7.68. The van der Waals surface area contributed by atoms with Gasteiger partial charge in [-0.15, -0.1) is 0 Å². The van der Waals surface area contributed by atoms with Crippen molar-refractivity contribution in [2.75, 3.05) is 18.0 Å². The van der Waals surface area contributed by atoms with Gasteiger partial charge < -0.3 is 4.90 Å². The van der Waals surface area contributed by atoms with Crippen LogP contribution in [0.1, 0.15) is 18.7 Å². The highest BCUT2D eigenvalue weighted by molar-refractivity contribution is 7.09. The first kappa shape index (κ1) is 7.03. The van der Waals surface area contributed by atoms with E-state index in [9.17, 15) is 0 Å². The monoisotopic (exact) mass is 169 g/mol. The normalized spacial score (nSPS) is 17.7. The van der Waals surface area contributed by atoms with Crippen molar-refractivity contribution in [3.8, 4) is 0 Å². The number of anilines is 1. The quantitative estimate of drug-likeness (QED) is 0.637. The van der Waals surface area contributed by atoms with Gasteiger partial charge in [-0.05, 0) is 19.8 Å². The first-order valence-electron chi connectivity index (χ1n) is 3.91. The molecule has 2 heterocycles. The van der Waals surface area contributed by atoms with Gasteiger partial charge in [-0.25, -0.2) is 4.98 Å². The van der Waals surface area contributed by atoms with Gasteiger partial charge in [0, 0.05) is 24.6 Å². The summed E-state index contributed by atoms with van der Waals surface area (Å²) in [6.07, 6.45) is 2.61. The molecule has 1 aromatic heterocycles. The minimum absolute atomic E-state index is 0.900. The number of rotatable bonds is 1. The van der Waals surface area contributed by atoms with E-state index < -0.39 is 0 Å². The van der Waals surface area contributed by atoms with E-state index in [4.69, 9.17) is 0 Å². The molecule has 0 amide bonds. The third-order valence-corrected chi connectivity index (χ3v) is 2.76. The van der Waals surface area contributed by atoms with Crippen LogP contribution in [-0.2, 0) is 0 Å². The van der Waals surface area contributed by atoms with Crippen LogP contribution in [0.5, 0.6) is 0 Å². The molecule has 1 aliphatic rings. The molecule has 1 fully saturated rings. The fourth-order valence-electron chi connectivity index (χ4n) is 1.32. The standard InChI is InChI=1S/C7H11N3S/c1-6-8-7(11-9-6)10-4-2-3-5-10/h2-5H2,1H3. The van der Waals surface area contributed by atoms with E-state index in [0.29, 0.717) is 0 Å². The summed E-state index contributed by atoms with van der Waals surface area (Å²) in [5, 5.41) is 1.10. The third kappa shape index (κ3) is 1.35. The van der Waals surface area contributed by atoms with Crippen LogP contribution in [0.15, 0.2) is 0 Å². The van der Waals surface area contributed by atoms with Crippen molar-refractivity contribution >= 4 is 16.7 Å². The average molecular weight is 169 g/mol. The van der Waals surface area contributed by atoms with Crippen LogP contribution in [0.2, 0.25) is 0 Å². The smallest absolute Gasteiger partial charge is 0.205 e. The molecule has 0 unspecified atom stereocenters. The van der Waals surface area contributed by atoms with Crippen molar-refractivity contribution in [1.29, 1.82) is 0 Å². The van der Waals surface area contributed by atoms with Crippen LogP contribution < -0.4 is 4.90 Å². The highest BCUT2D eigenvalue weighted by atomic mass is 32.1. The minimum Gasteiger partial charge on any atom is -0.347 e. The number of hydrogen-bond acceptors (Lipinski definition) is 4. The summed E-state index contributed by atoms with van der Waals surface area (Å²) < 4.78 is 4.15. The Hall–Kier alpha value is -0.640. The summed E-state index contributed by atoms with van der Waals surface area (Å²) >= 11 is 1.51. The highest BCUT2D eigenvalue weighted by Gasteiger charge is 2.15. The maximum absolute atomic E-state index is 4.33. The molecule has 1 aromatic rings. The molecule has 0 spiro atoms. The Morgan fingerprint density at radius 2 is 2.09 bits per heavy atom. The lowest BCUT2D eigenvalue weighted by Gasteiger charge is -2.10. The molecule has 0 atom stereocenters. The second-order valence-electron chi connectivity index (χ2n) is 2.82. The molecule has 1 saturated heterocycles. The Kier molecular flexibility index (Phi) is 1.77. The summed E-state index contributed by atoms with van der Waals surface area (Å²) in [4.78, 5) is 6.64. The second kappa shape index (κ2) is 2.77. The van der Waals surface area contributed by atoms with Crippen LogP contribution in [-0.4, -0.2) is 22.4 Å². The SMILES string of the molecule is Cc1nsc(N2CCCC2)n1. The van der Waals surface area contributed by atoms with Crippen molar-refractivity contribution in [1.82, 2.24) is 9.36 Å². The van der Waals surface area contributed by atoms with Crippen LogP contribution in [0.25, 0.3) is 0 Å². The third-order valence-electron chi connectivity index (χ3n) is 1.89. The Morgan fingerprint density at radius 1 is 1.36 bits per heavy atom. The maximum atomic E-state index is 4.33. The van der Waals surface area contributed by atoms with Gasteiger partial charge in [0.25, 0.3) is 0 Å². The van der Waals surface area contributed by atoms with Gasteiger partial charge in [0.1, 0.15) is 5.82 Å². The van der Waals surface area contributed by atoms with Gasteiger partial charge in [-0.2, -0.15) is 4.37 Å². The molecule has 3 nitrogen and oxygen atoms in total. The van der Waals surface area contributed by atoms with Crippen LogP contribution in [0.4, 0.5) is 5.13 Å². The second-order valence-corrected chi connectivity index (χ2v) is 3.55. The van der Waals surface area contributed by atoms with E-state index in [2.05, 4.69) is 14.3 Å². The lowest BCUT2D eigenvalue weighted by molar-refractivity contribution is 0.949. The van der Waals surface area contributed by atoms with E-state index >= 15 is 0 Å².